The molecule has 2 rings (SSSR count). The third-order valence-corrected chi connectivity index (χ3v) is 5.60. The van der Waals surface area contributed by atoms with Crippen molar-refractivity contribution in [2.24, 2.45) is 11.3 Å². The SMILES string of the molecule is CCCC[C@H](CN(C=O)OCc1ccccc1)C(=O)N[C@H](C(=O)c1ccc(O)cc1)C(C)(C)C. The predicted molar refractivity (Wildman–Crippen MR) is 131 cm³/mol. The predicted octanol–water partition coefficient (Wildman–Crippen LogP) is 4.50. The molecule has 0 bridgehead atoms. The number of benzene rings is 2. The molecule has 2 aromatic carbocycles. The van der Waals surface area contributed by atoms with Gasteiger partial charge in [0.05, 0.1) is 18.5 Å². The van der Waals surface area contributed by atoms with E-state index in [-0.39, 0.29) is 30.6 Å². The second-order valence-corrected chi connectivity index (χ2v) is 9.52. The second kappa shape index (κ2) is 12.9. The summed E-state index contributed by atoms with van der Waals surface area (Å²) in [5, 5.41) is 13.6. The Hall–Kier alpha value is -3.19. The van der Waals surface area contributed by atoms with Crippen molar-refractivity contribution in [2.75, 3.05) is 6.54 Å². The minimum atomic E-state index is -0.774. The Bertz CT molecular complexity index is 922. The maximum atomic E-state index is 13.3. The Balaban J connectivity index is 2.14. The number of hydroxylamine groups is 2. The van der Waals surface area contributed by atoms with Gasteiger partial charge in [-0.1, -0.05) is 70.9 Å². The van der Waals surface area contributed by atoms with Gasteiger partial charge in [0.15, 0.2) is 5.78 Å². The molecule has 2 amide bonds. The van der Waals surface area contributed by atoms with Gasteiger partial charge in [0.2, 0.25) is 12.3 Å². The van der Waals surface area contributed by atoms with Crippen molar-refractivity contribution in [1.29, 1.82) is 0 Å². The van der Waals surface area contributed by atoms with Crippen LogP contribution in [0.2, 0.25) is 0 Å². The van der Waals surface area contributed by atoms with Gasteiger partial charge in [0, 0.05) is 5.56 Å². The zero-order valence-corrected chi connectivity index (χ0v) is 20.5. The maximum absolute atomic E-state index is 13.3. The molecule has 7 nitrogen and oxygen atoms in total. The highest BCUT2D eigenvalue weighted by molar-refractivity contribution is 6.02. The Labute approximate surface area is 202 Å². The van der Waals surface area contributed by atoms with E-state index in [1.807, 2.05) is 58.0 Å². The first kappa shape index (κ1) is 27.1. The Kier molecular flexibility index (Phi) is 10.3. The zero-order valence-electron chi connectivity index (χ0n) is 20.5. The van der Waals surface area contributed by atoms with Crippen molar-refractivity contribution in [3.63, 3.8) is 0 Å². The number of hydrogen-bond donors (Lipinski definition) is 2. The summed E-state index contributed by atoms with van der Waals surface area (Å²) in [7, 11) is 0. The highest BCUT2D eigenvalue weighted by Gasteiger charge is 2.35. The molecule has 0 saturated heterocycles. The van der Waals surface area contributed by atoms with Gasteiger partial charge in [-0.25, -0.2) is 5.06 Å². The molecule has 7 heteroatoms. The van der Waals surface area contributed by atoms with Gasteiger partial charge in [-0.2, -0.15) is 0 Å². The number of rotatable bonds is 13. The van der Waals surface area contributed by atoms with Crippen LogP contribution in [0.15, 0.2) is 54.6 Å². The number of carbonyl (C=O) groups excluding carboxylic acids is 3. The number of unbranched alkanes of at least 4 members (excludes halogenated alkanes) is 1. The van der Waals surface area contributed by atoms with E-state index in [0.29, 0.717) is 18.4 Å². The third-order valence-electron chi connectivity index (χ3n) is 5.60. The topological polar surface area (TPSA) is 95.9 Å². The van der Waals surface area contributed by atoms with E-state index >= 15 is 0 Å². The Morgan fingerprint density at radius 3 is 2.29 bits per heavy atom. The molecule has 0 aliphatic carbocycles. The van der Waals surface area contributed by atoms with Crippen LogP contribution in [-0.2, 0) is 21.0 Å². The third kappa shape index (κ3) is 8.30. The van der Waals surface area contributed by atoms with Crippen molar-refractivity contribution >= 4 is 18.1 Å². The monoisotopic (exact) mass is 468 g/mol. The fraction of sp³-hybridized carbons (Fsp3) is 0.444. The average Bonchev–Trinajstić information content (AvgIpc) is 2.82. The van der Waals surface area contributed by atoms with E-state index in [2.05, 4.69) is 5.32 Å². The van der Waals surface area contributed by atoms with Crippen LogP contribution in [0, 0.1) is 11.3 Å². The van der Waals surface area contributed by atoms with Crippen LogP contribution in [0.5, 0.6) is 5.75 Å². The summed E-state index contributed by atoms with van der Waals surface area (Å²) in [6.45, 7) is 8.00. The molecule has 0 radical (unpaired) electrons. The van der Waals surface area contributed by atoms with Crippen LogP contribution in [0.1, 0.15) is 62.9 Å². The molecule has 0 spiro atoms. The molecule has 0 fully saturated rings. The molecule has 0 aromatic heterocycles. The van der Waals surface area contributed by atoms with Crippen LogP contribution >= 0.6 is 0 Å². The molecular formula is C27H36N2O5. The van der Waals surface area contributed by atoms with Gasteiger partial charge in [0.1, 0.15) is 12.4 Å². The van der Waals surface area contributed by atoms with Crippen molar-refractivity contribution in [1.82, 2.24) is 10.4 Å². The van der Waals surface area contributed by atoms with Crippen LogP contribution in [0.3, 0.4) is 0 Å². The smallest absolute Gasteiger partial charge is 0.233 e. The fourth-order valence-corrected chi connectivity index (χ4v) is 3.56. The van der Waals surface area contributed by atoms with Gasteiger partial charge < -0.3 is 10.4 Å². The molecule has 0 unspecified atom stereocenters. The summed E-state index contributed by atoms with van der Waals surface area (Å²) in [6.07, 6.45) is 2.84. The summed E-state index contributed by atoms with van der Waals surface area (Å²) < 4.78 is 0. The first-order valence-electron chi connectivity index (χ1n) is 11.7. The molecule has 0 saturated carbocycles. The van der Waals surface area contributed by atoms with Gasteiger partial charge in [-0.3, -0.25) is 19.2 Å². The molecule has 0 aliphatic rings. The molecule has 2 atom stereocenters. The zero-order chi connectivity index (χ0) is 25.1. The minimum Gasteiger partial charge on any atom is -0.508 e. The summed E-state index contributed by atoms with van der Waals surface area (Å²) in [4.78, 5) is 43.8. The Morgan fingerprint density at radius 2 is 1.74 bits per heavy atom. The van der Waals surface area contributed by atoms with Crippen molar-refractivity contribution in [3.05, 3.63) is 65.7 Å². The van der Waals surface area contributed by atoms with Gasteiger partial charge in [-0.05, 0) is 41.7 Å². The van der Waals surface area contributed by atoms with Crippen LogP contribution in [0.25, 0.3) is 0 Å². The second-order valence-electron chi connectivity index (χ2n) is 9.52. The number of hydrogen-bond acceptors (Lipinski definition) is 5. The number of amides is 2. The summed E-state index contributed by atoms with van der Waals surface area (Å²) in [6, 6.07) is 14.7. The van der Waals surface area contributed by atoms with Gasteiger partial charge >= 0.3 is 0 Å². The highest BCUT2D eigenvalue weighted by Crippen LogP contribution is 2.25. The minimum absolute atomic E-state index is 0.0666. The number of nitrogens with zero attached hydrogens (tertiary/aromatic N) is 1. The van der Waals surface area contributed by atoms with E-state index < -0.39 is 17.4 Å². The lowest BCUT2D eigenvalue weighted by Crippen LogP contribution is -2.52. The number of nitrogens with one attached hydrogen (secondary N) is 1. The summed E-state index contributed by atoms with van der Waals surface area (Å²) in [5.74, 6) is -0.992. The van der Waals surface area contributed by atoms with Crippen molar-refractivity contribution in [2.45, 2.75) is 59.6 Å². The lowest BCUT2D eigenvalue weighted by atomic mass is 9.81. The number of aromatic hydroxyl groups is 1. The average molecular weight is 469 g/mol. The van der Waals surface area contributed by atoms with E-state index in [0.717, 1.165) is 23.5 Å². The molecule has 2 N–H and O–H groups in total. The molecule has 0 heterocycles. The normalized spacial score (nSPS) is 13.1. The Morgan fingerprint density at radius 1 is 1.09 bits per heavy atom. The number of ketones is 1. The first-order chi connectivity index (χ1) is 16.2. The summed E-state index contributed by atoms with van der Waals surface area (Å²) >= 11 is 0. The molecule has 34 heavy (non-hydrogen) atoms. The van der Waals surface area contributed by atoms with E-state index in [9.17, 15) is 19.5 Å². The van der Waals surface area contributed by atoms with Crippen LogP contribution in [0.4, 0.5) is 0 Å². The largest absolute Gasteiger partial charge is 0.508 e. The first-order valence-corrected chi connectivity index (χ1v) is 11.7. The number of Topliss-reactive ketones (excluding diaryl/α,β-unsaturated/α-hetero) is 1. The van der Waals surface area contributed by atoms with Crippen molar-refractivity contribution in [3.8, 4) is 5.75 Å². The summed E-state index contributed by atoms with van der Waals surface area (Å²) in [5.41, 5.74) is 0.772. The van der Waals surface area contributed by atoms with Gasteiger partial charge in [0.25, 0.3) is 0 Å². The molecule has 0 aliphatic heterocycles. The lowest BCUT2D eigenvalue weighted by molar-refractivity contribution is -0.182. The van der Waals surface area contributed by atoms with Gasteiger partial charge in [-0.15, -0.1) is 0 Å². The molecule has 2 aromatic rings. The van der Waals surface area contributed by atoms with Crippen LogP contribution < -0.4 is 5.32 Å². The quantitative estimate of drug-likeness (QED) is 0.256. The standard InChI is InChI=1S/C27H36N2O5/c1-5-6-12-22(17-29(19-30)34-18-20-10-8-7-9-11-20)26(33)28-25(27(2,3)4)24(32)21-13-15-23(31)16-14-21/h7-11,13-16,19,22,25,31H,5-6,12,17-18H2,1-4H3,(H,28,33)/t22-,25-/m1/s1. The lowest BCUT2D eigenvalue weighted by Gasteiger charge is -2.32. The van der Waals surface area contributed by atoms with E-state index in [4.69, 9.17) is 4.84 Å². The van der Waals surface area contributed by atoms with E-state index in [1.165, 1.54) is 12.1 Å². The highest BCUT2D eigenvalue weighted by atomic mass is 16.7. The molecule has 184 valence electrons. The number of phenols is 1. The van der Waals surface area contributed by atoms with Crippen molar-refractivity contribution < 1.29 is 24.3 Å². The molecular weight excluding hydrogens is 432 g/mol. The maximum Gasteiger partial charge on any atom is 0.233 e. The number of carbonyl (C=O) groups is 3. The number of phenolic OH excluding ortho intramolecular Hbond substituents is 1. The van der Waals surface area contributed by atoms with E-state index in [1.54, 1.807) is 12.1 Å². The van der Waals surface area contributed by atoms with Crippen LogP contribution in [-0.4, -0.2) is 40.9 Å². The fourth-order valence-electron chi connectivity index (χ4n) is 3.56.